The summed E-state index contributed by atoms with van der Waals surface area (Å²) in [6.07, 6.45) is 0. The SMILES string of the molecule is CNCc1cc(Cl)c(OCC(=O)OC)c(OC)c1. The standard InChI is InChI=1S/C12H16ClNO4/c1-14-6-8-4-9(13)12(10(5-8)16-2)18-7-11(15)17-3/h4-5,14H,6-7H2,1-3H3. The fraction of sp³-hybridized carbons (Fsp3) is 0.417. The van der Waals surface area contributed by atoms with Gasteiger partial charge in [-0.15, -0.1) is 0 Å². The Kier molecular flexibility index (Phi) is 5.74. The van der Waals surface area contributed by atoms with Gasteiger partial charge >= 0.3 is 5.97 Å². The van der Waals surface area contributed by atoms with Gasteiger partial charge in [-0.05, 0) is 24.7 Å². The van der Waals surface area contributed by atoms with E-state index < -0.39 is 5.97 Å². The van der Waals surface area contributed by atoms with Crippen LogP contribution in [0.1, 0.15) is 5.56 Å². The molecule has 1 rings (SSSR count). The number of nitrogens with one attached hydrogen (secondary N) is 1. The van der Waals surface area contributed by atoms with Gasteiger partial charge in [-0.25, -0.2) is 4.79 Å². The minimum Gasteiger partial charge on any atom is -0.493 e. The van der Waals surface area contributed by atoms with E-state index in [1.54, 1.807) is 12.1 Å². The fourth-order valence-corrected chi connectivity index (χ4v) is 1.70. The molecule has 0 spiro atoms. The second kappa shape index (κ2) is 7.08. The van der Waals surface area contributed by atoms with E-state index in [4.69, 9.17) is 21.1 Å². The molecule has 1 N–H and O–H groups in total. The summed E-state index contributed by atoms with van der Waals surface area (Å²) in [6.45, 7) is 0.450. The van der Waals surface area contributed by atoms with Crippen molar-refractivity contribution in [2.75, 3.05) is 27.9 Å². The lowest BCUT2D eigenvalue weighted by molar-refractivity contribution is -0.142. The number of hydrogen-bond acceptors (Lipinski definition) is 5. The van der Waals surface area contributed by atoms with E-state index in [2.05, 4.69) is 10.1 Å². The monoisotopic (exact) mass is 273 g/mol. The van der Waals surface area contributed by atoms with Crippen LogP contribution in [0.2, 0.25) is 5.02 Å². The highest BCUT2D eigenvalue weighted by Crippen LogP contribution is 2.36. The Hall–Kier alpha value is -1.46. The number of carbonyl (C=O) groups is 1. The number of carbonyl (C=O) groups excluding carboxylic acids is 1. The third kappa shape index (κ3) is 3.78. The molecule has 1 aromatic rings. The highest BCUT2D eigenvalue weighted by Gasteiger charge is 2.13. The summed E-state index contributed by atoms with van der Waals surface area (Å²) in [7, 11) is 4.64. The van der Waals surface area contributed by atoms with E-state index in [9.17, 15) is 4.79 Å². The van der Waals surface area contributed by atoms with Gasteiger partial charge in [-0.3, -0.25) is 0 Å². The second-order valence-electron chi connectivity index (χ2n) is 3.50. The van der Waals surface area contributed by atoms with Crippen LogP contribution in [-0.2, 0) is 16.1 Å². The van der Waals surface area contributed by atoms with Crippen LogP contribution in [0.3, 0.4) is 0 Å². The third-order valence-corrected chi connectivity index (χ3v) is 2.51. The molecule has 0 heterocycles. The topological polar surface area (TPSA) is 56.8 Å². The predicted octanol–water partition coefficient (Wildman–Crippen LogP) is 1.62. The van der Waals surface area contributed by atoms with Gasteiger partial charge in [0, 0.05) is 6.54 Å². The zero-order chi connectivity index (χ0) is 13.5. The molecule has 5 nitrogen and oxygen atoms in total. The maximum absolute atomic E-state index is 11.0. The Morgan fingerprint density at radius 2 is 2.11 bits per heavy atom. The number of benzene rings is 1. The first-order valence-corrected chi connectivity index (χ1v) is 5.70. The predicted molar refractivity (Wildman–Crippen MR) is 68.3 cm³/mol. The normalized spacial score (nSPS) is 10.0. The van der Waals surface area contributed by atoms with E-state index in [1.807, 2.05) is 7.05 Å². The maximum atomic E-state index is 11.0. The van der Waals surface area contributed by atoms with Gasteiger partial charge in [-0.2, -0.15) is 0 Å². The van der Waals surface area contributed by atoms with E-state index >= 15 is 0 Å². The summed E-state index contributed by atoms with van der Waals surface area (Å²) in [6, 6.07) is 3.56. The number of esters is 1. The first-order chi connectivity index (χ1) is 8.62. The van der Waals surface area contributed by atoms with Crippen LogP contribution in [0.4, 0.5) is 0 Å². The number of halogens is 1. The smallest absolute Gasteiger partial charge is 0.343 e. The molecule has 0 fully saturated rings. The van der Waals surface area contributed by atoms with Crippen LogP contribution >= 0.6 is 11.6 Å². The van der Waals surface area contributed by atoms with Gasteiger partial charge < -0.3 is 19.5 Å². The number of hydrogen-bond donors (Lipinski definition) is 1. The Morgan fingerprint density at radius 3 is 2.67 bits per heavy atom. The molecule has 0 radical (unpaired) electrons. The summed E-state index contributed by atoms with van der Waals surface area (Å²) in [5.41, 5.74) is 0.963. The molecule has 0 atom stereocenters. The largest absolute Gasteiger partial charge is 0.493 e. The molecule has 0 bridgehead atoms. The molecule has 0 aromatic heterocycles. The molecular formula is C12H16ClNO4. The van der Waals surface area contributed by atoms with Crippen molar-refractivity contribution in [1.82, 2.24) is 5.32 Å². The van der Waals surface area contributed by atoms with Crippen molar-refractivity contribution in [3.05, 3.63) is 22.7 Å². The zero-order valence-electron chi connectivity index (χ0n) is 10.6. The molecule has 0 aliphatic carbocycles. The second-order valence-corrected chi connectivity index (χ2v) is 3.91. The van der Waals surface area contributed by atoms with Gasteiger partial charge in [0.1, 0.15) is 0 Å². The highest BCUT2D eigenvalue weighted by atomic mass is 35.5. The van der Waals surface area contributed by atoms with E-state index in [-0.39, 0.29) is 6.61 Å². The van der Waals surface area contributed by atoms with Gasteiger partial charge in [0.2, 0.25) is 0 Å². The van der Waals surface area contributed by atoms with Crippen LogP contribution in [0.15, 0.2) is 12.1 Å². The summed E-state index contributed by atoms with van der Waals surface area (Å²) in [4.78, 5) is 11.0. The molecular weight excluding hydrogens is 258 g/mol. The van der Waals surface area contributed by atoms with Gasteiger partial charge in [-0.1, -0.05) is 11.6 Å². The molecule has 0 aliphatic heterocycles. The molecule has 0 aliphatic rings. The lowest BCUT2D eigenvalue weighted by atomic mass is 10.2. The zero-order valence-corrected chi connectivity index (χ0v) is 11.3. The van der Waals surface area contributed by atoms with Crippen molar-refractivity contribution < 1.29 is 19.0 Å². The minimum absolute atomic E-state index is 0.210. The molecule has 0 saturated carbocycles. The first-order valence-electron chi connectivity index (χ1n) is 5.33. The van der Waals surface area contributed by atoms with Gasteiger partial charge in [0.15, 0.2) is 18.1 Å². The van der Waals surface area contributed by atoms with E-state index in [0.717, 1.165) is 5.56 Å². The lowest BCUT2D eigenvalue weighted by Gasteiger charge is -2.13. The van der Waals surface area contributed by atoms with Crippen LogP contribution in [0.5, 0.6) is 11.5 Å². The van der Waals surface area contributed by atoms with Crippen molar-refractivity contribution in [1.29, 1.82) is 0 Å². The van der Waals surface area contributed by atoms with Gasteiger partial charge in [0.25, 0.3) is 0 Å². The van der Waals surface area contributed by atoms with Crippen LogP contribution in [-0.4, -0.2) is 33.8 Å². The third-order valence-electron chi connectivity index (χ3n) is 2.23. The van der Waals surface area contributed by atoms with E-state index in [1.165, 1.54) is 14.2 Å². The average molecular weight is 274 g/mol. The molecule has 18 heavy (non-hydrogen) atoms. The van der Waals surface area contributed by atoms with Crippen molar-refractivity contribution in [2.24, 2.45) is 0 Å². The van der Waals surface area contributed by atoms with Crippen molar-refractivity contribution in [3.63, 3.8) is 0 Å². The minimum atomic E-state index is -0.479. The Labute approximate surface area is 111 Å². The fourth-order valence-electron chi connectivity index (χ4n) is 1.41. The summed E-state index contributed by atoms with van der Waals surface area (Å²) in [5, 5.41) is 3.40. The average Bonchev–Trinajstić information content (AvgIpc) is 2.36. The Balaban J connectivity index is 2.92. The van der Waals surface area contributed by atoms with Crippen LogP contribution in [0, 0.1) is 0 Å². The first kappa shape index (κ1) is 14.6. The quantitative estimate of drug-likeness (QED) is 0.798. The number of methoxy groups -OCH3 is 2. The van der Waals surface area contributed by atoms with Crippen molar-refractivity contribution in [2.45, 2.75) is 6.54 Å². The summed E-state index contributed by atoms with van der Waals surface area (Å²) < 4.78 is 15.0. The molecule has 1 aromatic carbocycles. The lowest BCUT2D eigenvalue weighted by Crippen LogP contribution is -2.13. The van der Waals surface area contributed by atoms with Crippen molar-refractivity contribution in [3.8, 4) is 11.5 Å². The Morgan fingerprint density at radius 1 is 1.39 bits per heavy atom. The highest BCUT2D eigenvalue weighted by molar-refractivity contribution is 6.32. The number of rotatable bonds is 6. The molecule has 0 unspecified atom stereocenters. The Bertz CT molecular complexity index is 423. The number of ether oxygens (including phenoxy) is 3. The maximum Gasteiger partial charge on any atom is 0.343 e. The molecule has 6 heteroatoms. The van der Waals surface area contributed by atoms with Crippen LogP contribution < -0.4 is 14.8 Å². The molecule has 0 saturated heterocycles. The summed E-state index contributed by atoms with van der Waals surface area (Å²) in [5.74, 6) is 0.341. The van der Waals surface area contributed by atoms with Gasteiger partial charge in [0.05, 0.1) is 19.2 Å². The molecule has 0 amide bonds. The molecule has 100 valence electrons. The van der Waals surface area contributed by atoms with Crippen LogP contribution in [0.25, 0.3) is 0 Å². The van der Waals surface area contributed by atoms with Crippen molar-refractivity contribution >= 4 is 17.6 Å². The van der Waals surface area contributed by atoms with E-state index in [0.29, 0.717) is 23.1 Å². The summed E-state index contributed by atoms with van der Waals surface area (Å²) >= 11 is 6.09.